The Balaban J connectivity index is 2.20. The summed E-state index contributed by atoms with van der Waals surface area (Å²) in [5.41, 5.74) is -0.765. The van der Waals surface area contributed by atoms with Crippen LogP contribution in [-0.2, 0) is 9.59 Å². The average Bonchev–Trinajstić information content (AvgIpc) is 3.16. The predicted octanol–water partition coefficient (Wildman–Crippen LogP) is 1.25. The average molecular weight is 256 g/mol. The molecule has 2 amide bonds. The molecule has 1 aliphatic carbocycles. The van der Waals surface area contributed by atoms with Crippen LogP contribution >= 0.6 is 0 Å². The van der Waals surface area contributed by atoms with E-state index in [-0.39, 0.29) is 17.7 Å². The lowest BCUT2D eigenvalue weighted by Gasteiger charge is -2.44. The third kappa shape index (κ3) is 2.10. The Hall–Kier alpha value is -1.13. The fourth-order valence-electron chi connectivity index (χ4n) is 2.80. The first-order chi connectivity index (χ1) is 8.54. The van der Waals surface area contributed by atoms with E-state index in [1.165, 1.54) is 0 Å². The topological polar surface area (TPSA) is 49.4 Å². The molecular formula is C13H21FN2O2. The highest BCUT2D eigenvalue weighted by Crippen LogP contribution is 2.42. The van der Waals surface area contributed by atoms with Crippen LogP contribution in [0.25, 0.3) is 0 Å². The van der Waals surface area contributed by atoms with Gasteiger partial charge in [0.2, 0.25) is 11.8 Å². The Labute approximate surface area is 107 Å². The largest absolute Gasteiger partial charge is 0.340 e. The molecule has 0 bridgehead atoms. The van der Waals surface area contributed by atoms with Crippen molar-refractivity contribution in [3.05, 3.63) is 0 Å². The van der Waals surface area contributed by atoms with Crippen LogP contribution in [0.1, 0.15) is 39.5 Å². The fourth-order valence-corrected chi connectivity index (χ4v) is 2.80. The minimum absolute atomic E-state index is 0.0371. The summed E-state index contributed by atoms with van der Waals surface area (Å²) in [6.45, 7) is 3.56. The Morgan fingerprint density at radius 2 is 2.11 bits per heavy atom. The molecule has 2 rings (SSSR count). The van der Waals surface area contributed by atoms with E-state index in [1.54, 1.807) is 11.8 Å². The molecule has 2 atom stereocenters. The summed E-state index contributed by atoms with van der Waals surface area (Å²) < 4.78 is 12.3. The molecule has 0 radical (unpaired) electrons. The molecule has 0 aromatic rings. The lowest BCUT2D eigenvalue weighted by atomic mass is 9.88. The molecule has 4 nitrogen and oxygen atoms in total. The number of carbonyl (C=O) groups excluding carboxylic acids is 2. The van der Waals surface area contributed by atoms with Crippen LogP contribution in [0.5, 0.6) is 0 Å². The Morgan fingerprint density at radius 1 is 1.44 bits per heavy atom. The van der Waals surface area contributed by atoms with Gasteiger partial charge >= 0.3 is 0 Å². The summed E-state index contributed by atoms with van der Waals surface area (Å²) in [7, 11) is 0. The molecule has 102 valence electrons. The molecule has 1 heterocycles. The Morgan fingerprint density at radius 3 is 2.61 bits per heavy atom. The second-order valence-electron chi connectivity index (χ2n) is 5.43. The van der Waals surface area contributed by atoms with Crippen LogP contribution in [0.15, 0.2) is 0 Å². The van der Waals surface area contributed by atoms with Gasteiger partial charge in [0.25, 0.3) is 0 Å². The van der Waals surface area contributed by atoms with Crippen molar-refractivity contribution in [2.24, 2.45) is 5.92 Å². The van der Waals surface area contributed by atoms with E-state index >= 15 is 0 Å². The molecule has 5 heteroatoms. The molecule has 1 aliphatic heterocycles. The summed E-state index contributed by atoms with van der Waals surface area (Å²) in [4.78, 5) is 26.2. The first kappa shape index (κ1) is 13.3. The van der Waals surface area contributed by atoms with Gasteiger partial charge in [-0.1, -0.05) is 6.92 Å². The standard InChI is InChI=1S/C13H21FN2O2/c1-3-10-11(17)15-13(2,9-5-6-9)12(18)16(10)8-4-7-14/h9-10H,3-8H2,1-2H3,(H,15,17). The van der Waals surface area contributed by atoms with Gasteiger partial charge in [-0.15, -0.1) is 0 Å². The van der Waals surface area contributed by atoms with Crippen LogP contribution in [0.4, 0.5) is 4.39 Å². The van der Waals surface area contributed by atoms with E-state index in [4.69, 9.17) is 0 Å². The van der Waals surface area contributed by atoms with E-state index in [0.717, 1.165) is 12.8 Å². The van der Waals surface area contributed by atoms with E-state index in [0.29, 0.717) is 19.4 Å². The maximum absolute atomic E-state index is 12.5. The first-order valence-corrected chi connectivity index (χ1v) is 6.73. The number of hydrogen-bond donors (Lipinski definition) is 1. The minimum Gasteiger partial charge on any atom is -0.340 e. The van der Waals surface area contributed by atoms with Crippen LogP contribution in [0.2, 0.25) is 0 Å². The van der Waals surface area contributed by atoms with Crippen molar-refractivity contribution in [3.8, 4) is 0 Å². The summed E-state index contributed by atoms with van der Waals surface area (Å²) in [6, 6.07) is -0.434. The quantitative estimate of drug-likeness (QED) is 0.805. The van der Waals surface area contributed by atoms with Crippen LogP contribution < -0.4 is 5.32 Å². The maximum Gasteiger partial charge on any atom is 0.249 e. The van der Waals surface area contributed by atoms with Crippen molar-refractivity contribution >= 4 is 11.8 Å². The number of hydrogen-bond acceptors (Lipinski definition) is 2. The molecule has 2 aliphatic rings. The second kappa shape index (κ2) is 4.86. The summed E-state index contributed by atoms with van der Waals surface area (Å²) >= 11 is 0. The van der Waals surface area contributed by atoms with Crippen molar-refractivity contribution in [1.29, 1.82) is 0 Å². The zero-order valence-corrected chi connectivity index (χ0v) is 11.0. The zero-order chi connectivity index (χ0) is 13.3. The lowest BCUT2D eigenvalue weighted by molar-refractivity contribution is -0.155. The third-order valence-corrected chi connectivity index (χ3v) is 4.08. The predicted molar refractivity (Wildman–Crippen MR) is 65.7 cm³/mol. The van der Waals surface area contributed by atoms with Gasteiger partial charge in [0.15, 0.2) is 0 Å². The van der Waals surface area contributed by atoms with Crippen molar-refractivity contribution < 1.29 is 14.0 Å². The highest BCUT2D eigenvalue weighted by Gasteiger charge is 2.54. The number of alkyl halides is 1. The Bertz CT molecular complexity index is 357. The summed E-state index contributed by atoms with van der Waals surface area (Å²) in [5.74, 6) is 0.120. The van der Waals surface area contributed by atoms with Gasteiger partial charge in [-0.25, -0.2) is 0 Å². The normalized spacial score (nSPS) is 32.6. The highest BCUT2D eigenvalue weighted by molar-refractivity contribution is 6.00. The molecule has 1 N–H and O–H groups in total. The number of halogens is 1. The van der Waals surface area contributed by atoms with Gasteiger partial charge < -0.3 is 10.2 Å². The minimum atomic E-state index is -0.765. The van der Waals surface area contributed by atoms with Gasteiger partial charge in [-0.3, -0.25) is 14.0 Å². The molecule has 0 spiro atoms. The molecule has 1 saturated carbocycles. The number of amides is 2. The third-order valence-electron chi connectivity index (χ3n) is 4.08. The van der Waals surface area contributed by atoms with Gasteiger partial charge in [0.1, 0.15) is 11.6 Å². The number of carbonyl (C=O) groups is 2. The fraction of sp³-hybridized carbons (Fsp3) is 0.846. The molecule has 18 heavy (non-hydrogen) atoms. The van der Waals surface area contributed by atoms with E-state index in [1.807, 2.05) is 6.92 Å². The first-order valence-electron chi connectivity index (χ1n) is 6.73. The maximum atomic E-state index is 12.5. The number of nitrogens with zero attached hydrogens (tertiary/aromatic N) is 1. The summed E-state index contributed by atoms with van der Waals surface area (Å²) in [6.07, 6.45) is 2.84. The van der Waals surface area contributed by atoms with Crippen LogP contribution in [0, 0.1) is 5.92 Å². The van der Waals surface area contributed by atoms with E-state index in [2.05, 4.69) is 5.32 Å². The van der Waals surface area contributed by atoms with E-state index in [9.17, 15) is 14.0 Å². The molecule has 0 aromatic heterocycles. The number of piperazine rings is 1. The molecule has 2 unspecified atom stereocenters. The van der Waals surface area contributed by atoms with Gasteiger partial charge in [-0.05, 0) is 38.5 Å². The van der Waals surface area contributed by atoms with Crippen molar-refractivity contribution in [2.75, 3.05) is 13.2 Å². The van der Waals surface area contributed by atoms with Crippen LogP contribution in [0.3, 0.4) is 0 Å². The van der Waals surface area contributed by atoms with Gasteiger partial charge in [0, 0.05) is 6.54 Å². The summed E-state index contributed by atoms with van der Waals surface area (Å²) in [5, 5.41) is 2.89. The Kier molecular flexibility index (Phi) is 3.59. The van der Waals surface area contributed by atoms with Crippen molar-refractivity contribution in [3.63, 3.8) is 0 Å². The second-order valence-corrected chi connectivity index (χ2v) is 5.43. The van der Waals surface area contributed by atoms with E-state index < -0.39 is 18.3 Å². The molecule has 1 saturated heterocycles. The zero-order valence-electron chi connectivity index (χ0n) is 11.0. The number of rotatable bonds is 5. The van der Waals surface area contributed by atoms with Gasteiger partial charge in [-0.2, -0.15) is 0 Å². The molecule has 2 fully saturated rings. The molecule has 0 aromatic carbocycles. The van der Waals surface area contributed by atoms with Crippen molar-refractivity contribution in [2.45, 2.75) is 51.1 Å². The molecular weight excluding hydrogens is 235 g/mol. The van der Waals surface area contributed by atoms with Gasteiger partial charge in [0.05, 0.1) is 6.67 Å². The van der Waals surface area contributed by atoms with Crippen LogP contribution in [-0.4, -0.2) is 41.5 Å². The smallest absolute Gasteiger partial charge is 0.249 e. The monoisotopic (exact) mass is 256 g/mol. The number of nitrogens with one attached hydrogen (secondary N) is 1. The van der Waals surface area contributed by atoms with Crippen molar-refractivity contribution in [1.82, 2.24) is 10.2 Å². The highest BCUT2D eigenvalue weighted by atomic mass is 19.1. The lowest BCUT2D eigenvalue weighted by Crippen LogP contribution is -2.70. The SMILES string of the molecule is CCC1C(=O)NC(C)(C2CC2)C(=O)N1CCCF.